The van der Waals surface area contributed by atoms with Crippen LogP contribution in [0.2, 0.25) is 0 Å². The van der Waals surface area contributed by atoms with Gasteiger partial charge in [-0.15, -0.1) is 5.10 Å². The number of nitrogens with two attached hydrogens (primary N) is 1. The lowest BCUT2D eigenvalue weighted by Crippen LogP contribution is -2.29. The van der Waals surface area contributed by atoms with Gasteiger partial charge in [0.2, 0.25) is 11.7 Å². The van der Waals surface area contributed by atoms with E-state index in [1.807, 2.05) is 0 Å². The fourth-order valence-electron chi connectivity index (χ4n) is 3.04. The van der Waals surface area contributed by atoms with Crippen LogP contribution in [0.3, 0.4) is 0 Å². The molecule has 1 aliphatic carbocycles. The van der Waals surface area contributed by atoms with Crippen LogP contribution in [0.5, 0.6) is 0 Å². The summed E-state index contributed by atoms with van der Waals surface area (Å²) < 4.78 is 2.58. The Bertz CT molecular complexity index is 1120. The molecule has 2 aromatic heterocycles. The van der Waals surface area contributed by atoms with Gasteiger partial charge in [-0.2, -0.15) is 0 Å². The fourth-order valence-corrected chi connectivity index (χ4v) is 3.04. The first-order chi connectivity index (χ1) is 12.1. The third-order valence-electron chi connectivity index (χ3n) is 4.25. The molecule has 1 atom stereocenters. The highest BCUT2D eigenvalue weighted by molar-refractivity contribution is 5.81. The molecular formula is C16H14N6O3. The Labute approximate surface area is 140 Å². The predicted molar refractivity (Wildman–Crippen MR) is 91.8 cm³/mol. The van der Waals surface area contributed by atoms with Gasteiger partial charge in [-0.3, -0.25) is 10.1 Å². The first kappa shape index (κ1) is 15.1. The number of para-hydroxylation sites is 2. The van der Waals surface area contributed by atoms with Gasteiger partial charge >= 0.3 is 5.69 Å². The Kier molecular flexibility index (Phi) is 3.34. The molecule has 0 radical (unpaired) electrons. The quantitative estimate of drug-likeness (QED) is 0.565. The number of allylic oxidation sites excluding steroid dienone is 2. The normalized spacial score (nSPS) is 17.1. The van der Waals surface area contributed by atoms with Gasteiger partial charge in [0.15, 0.2) is 5.82 Å². The molecule has 0 bridgehead atoms. The van der Waals surface area contributed by atoms with E-state index >= 15 is 0 Å². The van der Waals surface area contributed by atoms with Crippen molar-refractivity contribution in [1.29, 1.82) is 0 Å². The van der Waals surface area contributed by atoms with Crippen LogP contribution in [0.25, 0.3) is 16.7 Å². The van der Waals surface area contributed by atoms with E-state index in [9.17, 15) is 14.9 Å². The second-order valence-electron chi connectivity index (χ2n) is 5.79. The first-order valence-corrected chi connectivity index (χ1v) is 7.69. The average Bonchev–Trinajstić information content (AvgIpc) is 2.93. The summed E-state index contributed by atoms with van der Waals surface area (Å²) in [6.45, 7) is 0.0320. The number of hydrogen-bond donors (Lipinski definition) is 1. The maximum Gasteiger partial charge on any atom is 0.351 e. The third-order valence-corrected chi connectivity index (χ3v) is 4.25. The molecule has 1 aromatic carbocycles. The number of anilines is 1. The van der Waals surface area contributed by atoms with E-state index in [0.717, 1.165) is 0 Å². The summed E-state index contributed by atoms with van der Waals surface area (Å²) in [5, 5.41) is 15.5. The number of hydrogen-bond acceptors (Lipinski definition) is 6. The maximum absolute atomic E-state index is 12.8. The molecule has 25 heavy (non-hydrogen) atoms. The molecule has 4 rings (SSSR count). The van der Waals surface area contributed by atoms with E-state index in [1.54, 1.807) is 42.5 Å². The van der Waals surface area contributed by atoms with Crippen LogP contribution in [0.15, 0.2) is 52.9 Å². The molecule has 0 fully saturated rings. The van der Waals surface area contributed by atoms with Crippen molar-refractivity contribution >= 4 is 22.5 Å². The van der Waals surface area contributed by atoms with Gasteiger partial charge in [-0.05, 0) is 12.1 Å². The van der Waals surface area contributed by atoms with Crippen molar-refractivity contribution in [2.75, 3.05) is 5.73 Å². The second kappa shape index (κ2) is 5.55. The first-order valence-electron chi connectivity index (χ1n) is 7.69. The number of fused-ring (bicyclic) bond motifs is 3. The summed E-state index contributed by atoms with van der Waals surface area (Å²) in [7, 11) is 0. The van der Waals surface area contributed by atoms with E-state index in [2.05, 4.69) is 10.1 Å². The molecule has 1 unspecified atom stereocenters. The molecule has 126 valence electrons. The van der Waals surface area contributed by atoms with Crippen molar-refractivity contribution < 1.29 is 4.92 Å². The average molecular weight is 338 g/mol. The number of nitro groups is 1. The van der Waals surface area contributed by atoms with E-state index in [4.69, 9.17) is 5.73 Å². The van der Waals surface area contributed by atoms with Crippen LogP contribution in [-0.2, 0) is 6.54 Å². The smallest absolute Gasteiger partial charge is 0.351 e. The highest BCUT2D eigenvalue weighted by atomic mass is 16.6. The summed E-state index contributed by atoms with van der Waals surface area (Å²) in [5.74, 6) is 0.137. The molecular weight excluding hydrogens is 324 g/mol. The zero-order chi connectivity index (χ0) is 17.6. The standard InChI is InChI=1S/C16H14N6O3/c17-14-15-19-20(9-10-5-1-3-7-12(10)22(24)25)16(23)21(15)13-8-4-2-6-11(13)18-14/h1-6,8,12H,7,9H2,(H2,17,18). The Morgan fingerprint density at radius 1 is 1.36 bits per heavy atom. The van der Waals surface area contributed by atoms with Crippen LogP contribution in [0.4, 0.5) is 5.82 Å². The summed E-state index contributed by atoms with van der Waals surface area (Å²) in [4.78, 5) is 27.9. The lowest BCUT2D eigenvalue weighted by molar-refractivity contribution is -0.511. The van der Waals surface area contributed by atoms with E-state index < -0.39 is 11.7 Å². The van der Waals surface area contributed by atoms with Gasteiger partial charge < -0.3 is 5.73 Å². The lowest BCUT2D eigenvalue weighted by atomic mass is 10.00. The molecule has 2 heterocycles. The Morgan fingerprint density at radius 3 is 2.96 bits per heavy atom. The molecule has 1 aliphatic rings. The van der Waals surface area contributed by atoms with Crippen molar-refractivity contribution in [3.05, 3.63) is 68.7 Å². The van der Waals surface area contributed by atoms with E-state index in [-0.39, 0.29) is 22.9 Å². The summed E-state index contributed by atoms with van der Waals surface area (Å²) in [6.07, 6.45) is 5.45. The van der Waals surface area contributed by atoms with Crippen LogP contribution in [-0.4, -0.2) is 30.1 Å². The topological polar surface area (TPSA) is 121 Å². The summed E-state index contributed by atoms with van der Waals surface area (Å²) in [5.41, 5.74) is 7.46. The van der Waals surface area contributed by atoms with Gasteiger partial charge in [-0.1, -0.05) is 30.4 Å². The lowest BCUT2D eigenvalue weighted by Gasteiger charge is -2.13. The SMILES string of the molecule is Nc1nc2ccccc2n2c(=O)n(CC3=CC=CCC3[N+](=O)[O-])nc12. The predicted octanol–water partition coefficient (Wildman–Crippen LogP) is 1.16. The Hall–Kier alpha value is -3.49. The second-order valence-corrected chi connectivity index (χ2v) is 5.79. The monoisotopic (exact) mass is 338 g/mol. The third kappa shape index (κ3) is 2.36. The number of nitrogen functional groups attached to an aromatic ring is 1. The Morgan fingerprint density at radius 2 is 2.16 bits per heavy atom. The number of benzene rings is 1. The number of nitrogens with zero attached hydrogens (tertiary/aromatic N) is 5. The molecule has 0 spiro atoms. The molecule has 0 saturated heterocycles. The maximum atomic E-state index is 12.8. The van der Waals surface area contributed by atoms with Crippen molar-refractivity contribution in [3.63, 3.8) is 0 Å². The largest absolute Gasteiger partial charge is 0.381 e. The highest BCUT2D eigenvalue weighted by Crippen LogP contribution is 2.19. The zero-order valence-corrected chi connectivity index (χ0v) is 13.1. The molecule has 9 nitrogen and oxygen atoms in total. The van der Waals surface area contributed by atoms with Crippen molar-refractivity contribution in [2.45, 2.75) is 19.0 Å². The molecule has 0 amide bonds. The molecule has 0 aliphatic heterocycles. The van der Waals surface area contributed by atoms with Crippen LogP contribution < -0.4 is 11.4 Å². The molecule has 9 heteroatoms. The van der Waals surface area contributed by atoms with Crippen LogP contribution in [0.1, 0.15) is 6.42 Å². The van der Waals surface area contributed by atoms with Gasteiger partial charge in [0.05, 0.1) is 17.6 Å². The minimum atomic E-state index is -0.853. The molecule has 3 aromatic rings. The summed E-state index contributed by atoms with van der Waals surface area (Å²) >= 11 is 0. The van der Waals surface area contributed by atoms with Gasteiger partial charge in [0.1, 0.15) is 0 Å². The molecule has 2 N–H and O–H groups in total. The van der Waals surface area contributed by atoms with Crippen molar-refractivity contribution in [2.24, 2.45) is 0 Å². The number of rotatable bonds is 3. The van der Waals surface area contributed by atoms with Gasteiger partial charge in [0.25, 0.3) is 0 Å². The Balaban J connectivity index is 1.88. The highest BCUT2D eigenvalue weighted by Gasteiger charge is 2.27. The van der Waals surface area contributed by atoms with Gasteiger partial charge in [-0.25, -0.2) is 18.9 Å². The minimum absolute atomic E-state index is 0.0320. The van der Waals surface area contributed by atoms with E-state index in [0.29, 0.717) is 23.0 Å². The zero-order valence-electron chi connectivity index (χ0n) is 13.1. The minimum Gasteiger partial charge on any atom is -0.381 e. The van der Waals surface area contributed by atoms with Crippen molar-refractivity contribution in [1.82, 2.24) is 19.2 Å². The fraction of sp³-hybridized carbons (Fsp3) is 0.188. The van der Waals surface area contributed by atoms with Crippen molar-refractivity contribution in [3.8, 4) is 0 Å². The summed E-state index contributed by atoms with van der Waals surface area (Å²) in [6, 6.07) is 6.25. The van der Waals surface area contributed by atoms with Crippen LogP contribution in [0, 0.1) is 10.1 Å². The van der Waals surface area contributed by atoms with Crippen LogP contribution >= 0.6 is 0 Å². The molecule has 0 saturated carbocycles. The van der Waals surface area contributed by atoms with Gasteiger partial charge in [0, 0.05) is 16.9 Å². The van der Waals surface area contributed by atoms with E-state index in [1.165, 1.54) is 9.08 Å². The number of aromatic nitrogens is 4.